The van der Waals surface area contributed by atoms with Gasteiger partial charge in [0.25, 0.3) is 5.56 Å². The van der Waals surface area contributed by atoms with Gasteiger partial charge in [-0.1, -0.05) is 0 Å². The summed E-state index contributed by atoms with van der Waals surface area (Å²) in [6.45, 7) is 3.80. The third-order valence-electron chi connectivity index (χ3n) is 3.80. The highest BCUT2D eigenvalue weighted by Crippen LogP contribution is 2.22. The summed E-state index contributed by atoms with van der Waals surface area (Å²) in [5.41, 5.74) is -0.411. The third-order valence-corrected chi connectivity index (χ3v) is 4.76. The number of aromatic amines is 1. The van der Waals surface area contributed by atoms with E-state index in [1.807, 2.05) is 13.0 Å². The van der Waals surface area contributed by atoms with Gasteiger partial charge in [0.1, 0.15) is 4.83 Å². The second kappa shape index (κ2) is 4.61. The quantitative estimate of drug-likeness (QED) is 0.856. The van der Waals surface area contributed by atoms with Crippen molar-refractivity contribution in [1.29, 1.82) is 0 Å². The third kappa shape index (κ3) is 2.15. The van der Waals surface area contributed by atoms with Crippen LogP contribution < -0.4 is 11.2 Å². The Bertz CT molecular complexity index is 720. The van der Waals surface area contributed by atoms with Crippen molar-refractivity contribution in [3.05, 3.63) is 31.8 Å². The SMILES string of the molecule is Cc1cc2c(=O)n(C3CCN(C)CC3)c(=O)[nH]c2s1. The second-order valence-corrected chi connectivity index (χ2v) is 6.50. The van der Waals surface area contributed by atoms with Crippen molar-refractivity contribution in [3.8, 4) is 0 Å². The number of likely N-dealkylation sites (tertiary alicyclic amines) is 1. The van der Waals surface area contributed by atoms with Crippen molar-refractivity contribution in [3.63, 3.8) is 0 Å². The van der Waals surface area contributed by atoms with Crippen LogP contribution in [-0.4, -0.2) is 34.6 Å². The molecule has 1 fully saturated rings. The standard InChI is InChI=1S/C13H17N3O2S/c1-8-7-10-11(19-8)14-13(18)16(12(10)17)9-3-5-15(2)6-4-9/h7,9H,3-6H2,1-2H3,(H,14,18). The predicted octanol–water partition coefficient (Wildman–Crippen LogP) is 1.33. The molecule has 1 N–H and O–H groups in total. The van der Waals surface area contributed by atoms with Crippen LogP contribution in [-0.2, 0) is 0 Å². The van der Waals surface area contributed by atoms with Crippen LogP contribution in [0.4, 0.5) is 0 Å². The van der Waals surface area contributed by atoms with Crippen molar-refractivity contribution in [2.24, 2.45) is 0 Å². The van der Waals surface area contributed by atoms with E-state index in [-0.39, 0.29) is 17.3 Å². The molecule has 102 valence electrons. The molecule has 0 aliphatic carbocycles. The largest absolute Gasteiger partial charge is 0.329 e. The molecular formula is C13H17N3O2S. The van der Waals surface area contributed by atoms with E-state index in [9.17, 15) is 9.59 Å². The van der Waals surface area contributed by atoms with Crippen LogP contribution >= 0.6 is 11.3 Å². The number of H-pyrrole nitrogens is 1. The van der Waals surface area contributed by atoms with Gasteiger partial charge in [0.2, 0.25) is 0 Å². The number of fused-ring (bicyclic) bond motifs is 1. The van der Waals surface area contributed by atoms with E-state index < -0.39 is 0 Å². The lowest BCUT2D eigenvalue weighted by molar-refractivity contribution is 0.216. The van der Waals surface area contributed by atoms with Crippen LogP contribution in [0.15, 0.2) is 15.7 Å². The zero-order valence-corrected chi connectivity index (χ0v) is 11.9. The zero-order valence-electron chi connectivity index (χ0n) is 11.1. The maximum Gasteiger partial charge on any atom is 0.329 e. The molecule has 0 amide bonds. The molecule has 19 heavy (non-hydrogen) atoms. The molecule has 0 unspecified atom stereocenters. The Morgan fingerprint density at radius 1 is 1.32 bits per heavy atom. The molecule has 0 saturated carbocycles. The fourth-order valence-corrected chi connectivity index (χ4v) is 3.62. The Morgan fingerprint density at radius 3 is 2.68 bits per heavy atom. The molecule has 0 aromatic carbocycles. The number of thiophene rings is 1. The van der Waals surface area contributed by atoms with Gasteiger partial charge in [0.15, 0.2) is 0 Å². The van der Waals surface area contributed by atoms with Crippen LogP contribution in [0.5, 0.6) is 0 Å². The highest BCUT2D eigenvalue weighted by Gasteiger charge is 2.22. The van der Waals surface area contributed by atoms with E-state index in [0.717, 1.165) is 30.8 Å². The minimum atomic E-state index is -0.270. The van der Waals surface area contributed by atoms with Crippen molar-refractivity contribution >= 4 is 21.6 Å². The van der Waals surface area contributed by atoms with Crippen molar-refractivity contribution in [1.82, 2.24) is 14.5 Å². The van der Waals surface area contributed by atoms with Gasteiger partial charge in [-0.05, 0) is 46.0 Å². The number of hydrogen-bond donors (Lipinski definition) is 1. The van der Waals surface area contributed by atoms with Crippen molar-refractivity contribution in [2.75, 3.05) is 20.1 Å². The zero-order chi connectivity index (χ0) is 13.6. The molecule has 0 radical (unpaired) electrons. The van der Waals surface area contributed by atoms with Crippen LogP contribution in [0.2, 0.25) is 0 Å². The maximum absolute atomic E-state index is 12.5. The highest BCUT2D eigenvalue weighted by atomic mass is 32.1. The van der Waals surface area contributed by atoms with Gasteiger partial charge < -0.3 is 4.90 Å². The molecule has 3 rings (SSSR count). The first-order chi connectivity index (χ1) is 9.06. The van der Waals surface area contributed by atoms with Crippen molar-refractivity contribution in [2.45, 2.75) is 25.8 Å². The van der Waals surface area contributed by atoms with E-state index in [1.54, 1.807) is 0 Å². The van der Waals surface area contributed by atoms with Crippen LogP contribution in [0.1, 0.15) is 23.8 Å². The fourth-order valence-electron chi connectivity index (χ4n) is 2.73. The number of aryl methyl sites for hydroxylation is 1. The monoisotopic (exact) mass is 279 g/mol. The maximum atomic E-state index is 12.5. The normalized spacial score (nSPS) is 18.2. The molecule has 0 bridgehead atoms. The van der Waals surface area contributed by atoms with E-state index in [0.29, 0.717) is 10.2 Å². The molecular weight excluding hydrogens is 262 g/mol. The van der Waals surface area contributed by atoms with E-state index in [4.69, 9.17) is 0 Å². The fraction of sp³-hybridized carbons (Fsp3) is 0.538. The number of nitrogens with one attached hydrogen (secondary N) is 1. The number of piperidine rings is 1. The number of aromatic nitrogens is 2. The Hall–Kier alpha value is -1.40. The van der Waals surface area contributed by atoms with Gasteiger partial charge in [-0.3, -0.25) is 14.3 Å². The summed E-state index contributed by atoms with van der Waals surface area (Å²) in [5, 5.41) is 0.640. The average molecular weight is 279 g/mol. The number of nitrogens with zero attached hydrogens (tertiary/aromatic N) is 2. The summed E-state index contributed by atoms with van der Waals surface area (Å²) in [7, 11) is 2.06. The van der Waals surface area contributed by atoms with Crippen LogP contribution in [0.3, 0.4) is 0 Å². The van der Waals surface area contributed by atoms with Crippen LogP contribution in [0, 0.1) is 6.92 Å². The molecule has 3 heterocycles. The Labute approximate surface area is 114 Å². The summed E-state index contributed by atoms with van der Waals surface area (Å²) in [6, 6.07) is 1.89. The molecule has 5 nitrogen and oxygen atoms in total. The van der Waals surface area contributed by atoms with Gasteiger partial charge in [-0.25, -0.2) is 4.79 Å². The van der Waals surface area contributed by atoms with E-state index >= 15 is 0 Å². The van der Waals surface area contributed by atoms with Crippen LogP contribution in [0.25, 0.3) is 10.2 Å². The Balaban J connectivity index is 2.13. The topological polar surface area (TPSA) is 58.1 Å². The summed E-state index contributed by atoms with van der Waals surface area (Å²) in [6.07, 6.45) is 1.71. The molecule has 6 heteroatoms. The smallest absolute Gasteiger partial charge is 0.306 e. The van der Waals surface area contributed by atoms with Gasteiger partial charge in [-0.15, -0.1) is 11.3 Å². The Morgan fingerprint density at radius 2 is 2.00 bits per heavy atom. The van der Waals surface area contributed by atoms with E-state index in [2.05, 4.69) is 16.9 Å². The van der Waals surface area contributed by atoms with Gasteiger partial charge in [0.05, 0.1) is 5.39 Å². The first-order valence-corrected chi connectivity index (χ1v) is 7.31. The van der Waals surface area contributed by atoms with Gasteiger partial charge >= 0.3 is 5.69 Å². The summed E-state index contributed by atoms with van der Waals surface area (Å²) in [5.74, 6) is 0. The predicted molar refractivity (Wildman–Crippen MR) is 77.2 cm³/mol. The minimum Gasteiger partial charge on any atom is -0.306 e. The second-order valence-electron chi connectivity index (χ2n) is 5.24. The first-order valence-electron chi connectivity index (χ1n) is 6.50. The lowest BCUT2D eigenvalue weighted by Gasteiger charge is -2.29. The molecule has 2 aromatic rings. The lowest BCUT2D eigenvalue weighted by atomic mass is 10.1. The molecule has 1 saturated heterocycles. The Kier molecular flexibility index (Phi) is 3.06. The average Bonchev–Trinajstić information content (AvgIpc) is 2.72. The number of hydrogen-bond acceptors (Lipinski definition) is 4. The molecule has 1 aliphatic rings. The first kappa shape index (κ1) is 12.6. The summed E-state index contributed by atoms with van der Waals surface area (Å²) >= 11 is 1.46. The summed E-state index contributed by atoms with van der Waals surface area (Å²) < 4.78 is 1.42. The molecule has 0 atom stereocenters. The van der Waals surface area contributed by atoms with E-state index in [1.165, 1.54) is 15.9 Å². The molecule has 0 spiro atoms. The molecule has 2 aromatic heterocycles. The van der Waals surface area contributed by atoms with Crippen molar-refractivity contribution < 1.29 is 0 Å². The molecule has 1 aliphatic heterocycles. The minimum absolute atomic E-state index is 0.0251. The number of rotatable bonds is 1. The lowest BCUT2D eigenvalue weighted by Crippen LogP contribution is -2.42. The van der Waals surface area contributed by atoms with Gasteiger partial charge in [0, 0.05) is 10.9 Å². The highest BCUT2D eigenvalue weighted by molar-refractivity contribution is 7.18. The van der Waals surface area contributed by atoms with Gasteiger partial charge in [-0.2, -0.15) is 0 Å². The summed E-state index contributed by atoms with van der Waals surface area (Å²) in [4.78, 5) is 31.4.